The first-order valence-electron chi connectivity index (χ1n) is 5.82. The molecule has 1 N–H and O–H groups in total. The number of anilines is 1. The van der Waals surface area contributed by atoms with Crippen molar-refractivity contribution >= 4 is 39.9 Å². The Morgan fingerprint density at radius 2 is 2.21 bits per heavy atom. The molecule has 6 nitrogen and oxygen atoms in total. The van der Waals surface area contributed by atoms with Crippen molar-refractivity contribution in [2.75, 3.05) is 18.0 Å². The van der Waals surface area contributed by atoms with Gasteiger partial charge >= 0.3 is 5.97 Å². The van der Waals surface area contributed by atoms with Gasteiger partial charge in [0, 0.05) is 28.8 Å². The number of rotatable bonds is 3. The molecule has 0 radical (unpaired) electrons. The summed E-state index contributed by atoms with van der Waals surface area (Å²) in [7, 11) is 0. The van der Waals surface area contributed by atoms with Gasteiger partial charge in [-0.3, -0.25) is 14.9 Å². The van der Waals surface area contributed by atoms with Crippen LogP contribution in [0.25, 0.3) is 0 Å². The second-order valence-electron chi connectivity index (χ2n) is 4.72. The maximum absolute atomic E-state index is 11.1. The highest BCUT2D eigenvalue weighted by Gasteiger charge is 2.35. The molecule has 1 aromatic rings. The Kier molecular flexibility index (Phi) is 3.93. The smallest absolute Gasteiger partial charge is 0.308 e. The van der Waals surface area contributed by atoms with Gasteiger partial charge in [-0.05, 0) is 34.6 Å². The Labute approximate surface area is 123 Å². The van der Waals surface area contributed by atoms with Crippen LogP contribution < -0.4 is 4.90 Å². The largest absolute Gasteiger partial charge is 0.481 e. The first kappa shape index (κ1) is 14.0. The maximum atomic E-state index is 11.1. The van der Waals surface area contributed by atoms with Crippen molar-refractivity contribution in [1.29, 1.82) is 0 Å². The Bertz CT molecular complexity index is 534. The van der Waals surface area contributed by atoms with E-state index in [1.165, 1.54) is 12.1 Å². The lowest BCUT2D eigenvalue weighted by Gasteiger charge is -2.19. The second-order valence-corrected chi connectivity index (χ2v) is 5.88. The summed E-state index contributed by atoms with van der Waals surface area (Å²) < 4.78 is 0.769. The number of nitrogens with zero attached hydrogens (tertiary/aromatic N) is 2. The average molecular weight is 376 g/mol. The Morgan fingerprint density at radius 3 is 2.68 bits per heavy atom. The number of aliphatic carboxylic acids is 1. The number of hydrogen-bond acceptors (Lipinski definition) is 4. The van der Waals surface area contributed by atoms with E-state index >= 15 is 0 Å². The van der Waals surface area contributed by atoms with E-state index in [-0.39, 0.29) is 17.5 Å². The molecule has 0 spiro atoms. The van der Waals surface area contributed by atoms with Gasteiger partial charge < -0.3 is 10.0 Å². The molecule has 1 heterocycles. The first-order valence-corrected chi connectivity index (χ1v) is 6.89. The van der Waals surface area contributed by atoms with Crippen LogP contribution >= 0.6 is 22.6 Å². The number of carboxylic acids is 1. The summed E-state index contributed by atoms with van der Waals surface area (Å²) in [4.78, 5) is 23.3. The molecular formula is C12H13IN2O4. The SMILES string of the molecule is CC1CN(c2ccc([N+](=O)[O-])cc2I)CC1C(=O)O. The molecule has 0 aliphatic carbocycles. The van der Waals surface area contributed by atoms with Crippen molar-refractivity contribution in [3.05, 3.63) is 31.9 Å². The van der Waals surface area contributed by atoms with Crippen LogP contribution in [-0.2, 0) is 4.79 Å². The minimum atomic E-state index is -0.785. The van der Waals surface area contributed by atoms with E-state index in [1.807, 2.05) is 34.4 Å². The fraction of sp³-hybridized carbons (Fsp3) is 0.417. The molecule has 1 saturated heterocycles. The van der Waals surface area contributed by atoms with Gasteiger partial charge in [0.05, 0.1) is 16.5 Å². The number of benzene rings is 1. The van der Waals surface area contributed by atoms with Gasteiger partial charge in [0.2, 0.25) is 0 Å². The summed E-state index contributed by atoms with van der Waals surface area (Å²) in [6.07, 6.45) is 0. The summed E-state index contributed by atoms with van der Waals surface area (Å²) in [6.45, 7) is 3.02. The molecule has 1 fully saturated rings. The van der Waals surface area contributed by atoms with Crippen molar-refractivity contribution in [1.82, 2.24) is 0 Å². The fourth-order valence-corrected chi connectivity index (χ4v) is 3.19. The molecule has 0 aromatic heterocycles. The lowest BCUT2D eigenvalue weighted by molar-refractivity contribution is -0.384. The number of hydrogen-bond donors (Lipinski definition) is 1. The zero-order valence-corrected chi connectivity index (χ0v) is 12.4. The van der Waals surface area contributed by atoms with E-state index in [2.05, 4.69) is 0 Å². The van der Waals surface area contributed by atoms with Crippen LogP contribution in [0.5, 0.6) is 0 Å². The third-order valence-electron chi connectivity index (χ3n) is 3.41. The van der Waals surface area contributed by atoms with Crippen LogP contribution in [-0.4, -0.2) is 29.1 Å². The van der Waals surface area contributed by atoms with Crippen molar-refractivity contribution in [2.45, 2.75) is 6.92 Å². The lowest BCUT2D eigenvalue weighted by atomic mass is 9.99. The molecule has 1 aromatic carbocycles. The van der Waals surface area contributed by atoms with Crippen molar-refractivity contribution < 1.29 is 14.8 Å². The topological polar surface area (TPSA) is 83.7 Å². The molecule has 102 valence electrons. The lowest BCUT2D eigenvalue weighted by Crippen LogP contribution is -2.23. The molecule has 0 saturated carbocycles. The van der Waals surface area contributed by atoms with Gasteiger partial charge in [-0.15, -0.1) is 0 Å². The van der Waals surface area contributed by atoms with Gasteiger partial charge in [-0.2, -0.15) is 0 Å². The van der Waals surface area contributed by atoms with Crippen LogP contribution in [0.1, 0.15) is 6.92 Å². The highest BCUT2D eigenvalue weighted by molar-refractivity contribution is 14.1. The molecule has 0 amide bonds. The highest BCUT2D eigenvalue weighted by Crippen LogP contribution is 2.33. The van der Waals surface area contributed by atoms with E-state index in [1.54, 1.807) is 6.07 Å². The summed E-state index contributed by atoms with van der Waals surface area (Å²) in [5.41, 5.74) is 0.914. The average Bonchev–Trinajstić information content (AvgIpc) is 2.71. The van der Waals surface area contributed by atoms with Gasteiger partial charge in [-0.1, -0.05) is 6.92 Å². The standard InChI is InChI=1S/C12H13IN2O4/c1-7-5-14(6-9(7)12(16)17)11-3-2-8(15(18)19)4-10(11)13/h2-4,7,9H,5-6H2,1H3,(H,16,17). The highest BCUT2D eigenvalue weighted by atomic mass is 127. The third-order valence-corrected chi connectivity index (χ3v) is 4.28. The molecule has 19 heavy (non-hydrogen) atoms. The predicted molar refractivity (Wildman–Crippen MR) is 78.3 cm³/mol. The maximum Gasteiger partial charge on any atom is 0.308 e. The van der Waals surface area contributed by atoms with Crippen LogP contribution in [0, 0.1) is 25.5 Å². The normalized spacial score (nSPS) is 22.5. The van der Waals surface area contributed by atoms with Crippen LogP contribution in [0.15, 0.2) is 18.2 Å². The molecule has 7 heteroatoms. The van der Waals surface area contributed by atoms with E-state index in [0.29, 0.717) is 13.1 Å². The van der Waals surface area contributed by atoms with Crippen molar-refractivity contribution in [2.24, 2.45) is 11.8 Å². The number of non-ortho nitro benzene ring substituents is 1. The molecule has 2 atom stereocenters. The second kappa shape index (κ2) is 5.32. The first-order chi connectivity index (χ1) is 8.90. The van der Waals surface area contributed by atoms with E-state index in [0.717, 1.165) is 9.26 Å². The Morgan fingerprint density at radius 1 is 1.53 bits per heavy atom. The number of nitro benzene ring substituents is 1. The Balaban J connectivity index is 2.24. The number of nitro groups is 1. The van der Waals surface area contributed by atoms with Gasteiger partial charge in [0.1, 0.15) is 0 Å². The quantitative estimate of drug-likeness (QED) is 0.498. The monoisotopic (exact) mass is 376 g/mol. The van der Waals surface area contributed by atoms with Crippen molar-refractivity contribution in [3.8, 4) is 0 Å². The molecule has 0 bridgehead atoms. The summed E-state index contributed by atoms with van der Waals surface area (Å²) >= 11 is 2.05. The van der Waals surface area contributed by atoms with Crippen molar-refractivity contribution in [3.63, 3.8) is 0 Å². The van der Waals surface area contributed by atoms with Gasteiger partial charge in [0.25, 0.3) is 5.69 Å². The molecule has 1 aliphatic rings. The molecule has 2 unspecified atom stereocenters. The summed E-state index contributed by atoms with van der Waals surface area (Å²) in [5, 5.41) is 19.8. The molecule has 1 aliphatic heterocycles. The predicted octanol–water partition coefficient (Wildman–Crippen LogP) is 2.36. The van der Waals surface area contributed by atoms with E-state index in [4.69, 9.17) is 5.11 Å². The number of halogens is 1. The van der Waals surface area contributed by atoms with Crippen LogP contribution in [0.2, 0.25) is 0 Å². The number of carboxylic acid groups (broad SMARTS) is 1. The zero-order valence-electron chi connectivity index (χ0n) is 10.2. The van der Waals surface area contributed by atoms with Crippen LogP contribution in [0.4, 0.5) is 11.4 Å². The molecule has 2 rings (SSSR count). The molecular weight excluding hydrogens is 363 g/mol. The van der Waals surface area contributed by atoms with E-state index in [9.17, 15) is 14.9 Å². The minimum Gasteiger partial charge on any atom is -0.481 e. The summed E-state index contributed by atoms with van der Waals surface area (Å²) in [5.74, 6) is -1.10. The third kappa shape index (κ3) is 2.80. The summed E-state index contributed by atoms with van der Waals surface area (Å²) in [6, 6.07) is 4.65. The fourth-order valence-electron chi connectivity index (χ4n) is 2.35. The minimum absolute atomic E-state index is 0.0511. The number of carbonyl (C=O) groups is 1. The zero-order chi connectivity index (χ0) is 14.2. The van der Waals surface area contributed by atoms with Crippen LogP contribution in [0.3, 0.4) is 0 Å². The van der Waals surface area contributed by atoms with Gasteiger partial charge in [0.15, 0.2) is 0 Å². The van der Waals surface area contributed by atoms with Gasteiger partial charge in [-0.25, -0.2) is 0 Å². The van der Waals surface area contributed by atoms with E-state index < -0.39 is 10.9 Å². The Hall–Kier alpha value is -1.38.